The van der Waals surface area contributed by atoms with E-state index in [0.717, 1.165) is 0 Å². The fraction of sp³-hybridized carbons (Fsp3) is 0.417. The molecule has 0 aliphatic carbocycles. The molecule has 1 amide bonds. The molecule has 0 aliphatic rings. The molecule has 0 aromatic heterocycles. The van der Waals surface area contributed by atoms with Crippen LogP contribution in [0.3, 0.4) is 0 Å². The minimum absolute atomic E-state index is 0.182. The van der Waals surface area contributed by atoms with E-state index in [1.807, 2.05) is 0 Å². The van der Waals surface area contributed by atoms with Gasteiger partial charge in [0.15, 0.2) is 11.6 Å². The average molecular weight is 322 g/mol. The summed E-state index contributed by atoms with van der Waals surface area (Å²) in [6, 6.07) is 0.708. The topological polar surface area (TPSA) is 98.5 Å². The van der Waals surface area contributed by atoms with Crippen molar-refractivity contribution in [1.82, 2.24) is 5.32 Å². The number of carbonyl (C=O) groups is 1. The lowest BCUT2D eigenvalue weighted by Crippen LogP contribution is -2.38. The van der Waals surface area contributed by atoms with E-state index in [-0.39, 0.29) is 6.61 Å². The molecule has 9 heteroatoms. The predicted octanol–water partition coefficient (Wildman–Crippen LogP) is 0.767. The minimum atomic E-state index is -4.25. The number of nitrogens with two attached hydrogens (primary N) is 1. The highest BCUT2D eigenvalue weighted by Gasteiger charge is 2.22. The standard InChI is InChI=1S/C12H16F2N2O4S/c1-3-7(6-20-2)16-12(17)9-4-8(21(15,18)19)5-10(13)11(9)14/h4-5,7H,3,6H2,1-2H3,(H,16,17)(H2,15,18,19). The largest absolute Gasteiger partial charge is 0.383 e. The molecule has 0 heterocycles. The molecule has 0 saturated heterocycles. The number of nitrogens with one attached hydrogen (secondary N) is 1. The van der Waals surface area contributed by atoms with E-state index in [1.54, 1.807) is 6.92 Å². The van der Waals surface area contributed by atoms with Crippen molar-refractivity contribution in [2.75, 3.05) is 13.7 Å². The molecule has 3 N–H and O–H groups in total. The quantitative estimate of drug-likeness (QED) is 0.808. The van der Waals surface area contributed by atoms with Crippen LogP contribution in [0.25, 0.3) is 0 Å². The van der Waals surface area contributed by atoms with Crippen LogP contribution < -0.4 is 10.5 Å². The van der Waals surface area contributed by atoms with Gasteiger partial charge >= 0.3 is 0 Å². The van der Waals surface area contributed by atoms with Crippen molar-refractivity contribution >= 4 is 15.9 Å². The lowest BCUT2D eigenvalue weighted by molar-refractivity contribution is 0.0889. The maximum absolute atomic E-state index is 13.7. The third-order valence-corrected chi connectivity index (χ3v) is 3.66. The maximum Gasteiger partial charge on any atom is 0.254 e. The van der Waals surface area contributed by atoms with Crippen LogP contribution >= 0.6 is 0 Å². The molecule has 0 bridgehead atoms. The van der Waals surface area contributed by atoms with E-state index in [1.165, 1.54) is 7.11 Å². The summed E-state index contributed by atoms with van der Waals surface area (Å²) in [6.07, 6.45) is 0.499. The lowest BCUT2D eigenvalue weighted by atomic mass is 10.1. The van der Waals surface area contributed by atoms with Crippen molar-refractivity contribution in [1.29, 1.82) is 0 Å². The molecule has 0 fully saturated rings. The van der Waals surface area contributed by atoms with Crippen molar-refractivity contribution in [2.24, 2.45) is 5.14 Å². The molecule has 0 spiro atoms. The van der Waals surface area contributed by atoms with Crippen LogP contribution in [0.1, 0.15) is 23.7 Å². The van der Waals surface area contributed by atoms with Gasteiger partial charge in [0.25, 0.3) is 5.91 Å². The van der Waals surface area contributed by atoms with Gasteiger partial charge in [-0.2, -0.15) is 0 Å². The Morgan fingerprint density at radius 3 is 2.52 bits per heavy atom. The monoisotopic (exact) mass is 322 g/mol. The Morgan fingerprint density at radius 1 is 1.43 bits per heavy atom. The summed E-state index contributed by atoms with van der Waals surface area (Å²) in [5.41, 5.74) is -0.728. The number of hydrogen-bond acceptors (Lipinski definition) is 4. The number of rotatable bonds is 6. The summed E-state index contributed by atoms with van der Waals surface area (Å²) >= 11 is 0. The van der Waals surface area contributed by atoms with Gasteiger partial charge in [0.1, 0.15) is 0 Å². The highest BCUT2D eigenvalue weighted by atomic mass is 32.2. The first kappa shape index (κ1) is 17.5. The number of sulfonamides is 1. The van der Waals surface area contributed by atoms with Gasteiger partial charge in [-0.15, -0.1) is 0 Å². The number of amides is 1. The smallest absolute Gasteiger partial charge is 0.254 e. The van der Waals surface area contributed by atoms with E-state index in [0.29, 0.717) is 18.6 Å². The predicted molar refractivity (Wildman–Crippen MR) is 71.2 cm³/mol. The van der Waals surface area contributed by atoms with E-state index >= 15 is 0 Å². The average Bonchev–Trinajstić information content (AvgIpc) is 2.39. The third kappa shape index (κ3) is 4.45. The number of hydrogen-bond donors (Lipinski definition) is 2. The number of primary sulfonamides is 1. The molecule has 0 radical (unpaired) electrons. The Labute approximate surface area is 121 Å². The highest BCUT2D eigenvalue weighted by molar-refractivity contribution is 7.89. The molecule has 1 aromatic carbocycles. The van der Waals surface area contributed by atoms with Gasteiger partial charge in [-0.05, 0) is 18.6 Å². The summed E-state index contributed by atoms with van der Waals surface area (Å²) in [5, 5.41) is 7.28. The molecule has 1 atom stereocenters. The molecular formula is C12H16F2N2O4S. The van der Waals surface area contributed by atoms with Crippen LogP contribution in [-0.4, -0.2) is 34.1 Å². The first-order valence-corrected chi connectivity index (χ1v) is 7.57. The zero-order valence-electron chi connectivity index (χ0n) is 11.5. The van der Waals surface area contributed by atoms with Gasteiger partial charge in [-0.25, -0.2) is 22.3 Å². The fourth-order valence-corrected chi connectivity index (χ4v) is 2.17. The number of benzene rings is 1. The second-order valence-electron chi connectivity index (χ2n) is 4.35. The second-order valence-corrected chi connectivity index (χ2v) is 5.91. The van der Waals surface area contributed by atoms with Crippen molar-refractivity contribution in [3.8, 4) is 0 Å². The van der Waals surface area contributed by atoms with Gasteiger partial charge in [0.05, 0.1) is 23.1 Å². The Bertz CT molecular complexity index is 634. The van der Waals surface area contributed by atoms with Crippen LogP contribution in [0.2, 0.25) is 0 Å². The zero-order chi connectivity index (χ0) is 16.2. The maximum atomic E-state index is 13.7. The first-order chi connectivity index (χ1) is 9.70. The summed E-state index contributed by atoms with van der Waals surface area (Å²) in [4.78, 5) is 11.3. The normalized spacial score (nSPS) is 13.0. The van der Waals surface area contributed by atoms with Gasteiger partial charge in [0.2, 0.25) is 10.0 Å². The highest BCUT2D eigenvalue weighted by Crippen LogP contribution is 2.18. The van der Waals surface area contributed by atoms with E-state index in [4.69, 9.17) is 9.88 Å². The molecule has 118 valence electrons. The first-order valence-electron chi connectivity index (χ1n) is 6.02. The van der Waals surface area contributed by atoms with E-state index < -0.39 is 44.1 Å². The van der Waals surface area contributed by atoms with E-state index in [9.17, 15) is 22.0 Å². The van der Waals surface area contributed by atoms with Gasteiger partial charge in [-0.3, -0.25) is 4.79 Å². The number of halogens is 2. The Morgan fingerprint density at radius 2 is 2.05 bits per heavy atom. The number of ether oxygens (including phenoxy) is 1. The molecule has 0 aliphatic heterocycles. The molecule has 1 rings (SSSR count). The SMILES string of the molecule is CCC(COC)NC(=O)c1cc(S(N)(=O)=O)cc(F)c1F. The Balaban J connectivity index is 3.17. The molecular weight excluding hydrogens is 306 g/mol. The molecule has 1 aromatic rings. The van der Waals surface area contributed by atoms with Crippen molar-refractivity contribution in [2.45, 2.75) is 24.3 Å². The van der Waals surface area contributed by atoms with Crippen molar-refractivity contribution < 1.29 is 26.7 Å². The summed E-state index contributed by atoms with van der Waals surface area (Å²) in [6.45, 7) is 1.95. The fourth-order valence-electron chi connectivity index (χ4n) is 1.62. The van der Waals surface area contributed by atoms with Crippen LogP contribution in [0.4, 0.5) is 8.78 Å². The molecule has 0 saturated carbocycles. The van der Waals surface area contributed by atoms with E-state index in [2.05, 4.69) is 5.32 Å². The summed E-state index contributed by atoms with van der Waals surface area (Å²) in [7, 11) is -2.83. The van der Waals surface area contributed by atoms with Crippen molar-refractivity contribution in [3.05, 3.63) is 29.3 Å². The molecule has 1 unspecified atom stereocenters. The van der Waals surface area contributed by atoms with Crippen LogP contribution in [0.15, 0.2) is 17.0 Å². The van der Waals surface area contributed by atoms with Gasteiger partial charge in [-0.1, -0.05) is 6.92 Å². The minimum Gasteiger partial charge on any atom is -0.383 e. The van der Waals surface area contributed by atoms with Crippen LogP contribution in [0, 0.1) is 11.6 Å². The lowest BCUT2D eigenvalue weighted by Gasteiger charge is -2.16. The summed E-state index contributed by atoms with van der Waals surface area (Å²) < 4.78 is 54.3. The Hall–Kier alpha value is -1.58. The molecule has 6 nitrogen and oxygen atoms in total. The third-order valence-electron chi connectivity index (χ3n) is 2.77. The number of carbonyl (C=O) groups excluding carboxylic acids is 1. The number of methoxy groups -OCH3 is 1. The van der Waals surface area contributed by atoms with Crippen LogP contribution in [-0.2, 0) is 14.8 Å². The zero-order valence-corrected chi connectivity index (χ0v) is 12.3. The molecule has 21 heavy (non-hydrogen) atoms. The summed E-state index contributed by atoms with van der Waals surface area (Å²) in [5.74, 6) is -3.85. The van der Waals surface area contributed by atoms with Gasteiger partial charge in [0, 0.05) is 7.11 Å². The van der Waals surface area contributed by atoms with Gasteiger partial charge < -0.3 is 10.1 Å². The van der Waals surface area contributed by atoms with Crippen LogP contribution in [0.5, 0.6) is 0 Å². The second kappa shape index (κ2) is 6.92. The van der Waals surface area contributed by atoms with Crippen molar-refractivity contribution in [3.63, 3.8) is 0 Å². The Kier molecular flexibility index (Phi) is 5.76.